The van der Waals surface area contributed by atoms with Gasteiger partial charge in [0.25, 0.3) is 0 Å². The third kappa shape index (κ3) is 5.36. The molecule has 1 N–H and O–H groups in total. The van der Waals surface area contributed by atoms with E-state index < -0.39 is 5.60 Å². The Hall–Kier alpha value is -4.86. The summed E-state index contributed by atoms with van der Waals surface area (Å²) in [6.45, 7) is 9.51. The van der Waals surface area contributed by atoms with Crippen LogP contribution < -0.4 is 14.8 Å². The molecular weight excluding hydrogens is 556 g/mol. The number of nitrogens with zero attached hydrogens (tertiary/aromatic N) is 5. The Morgan fingerprint density at radius 2 is 1.91 bits per heavy atom. The molecule has 2 atom stereocenters. The van der Waals surface area contributed by atoms with E-state index in [4.69, 9.17) is 14.2 Å². The lowest BCUT2D eigenvalue weighted by molar-refractivity contribution is 0.00889. The van der Waals surface area contributed by atoms with Crippen LogP contribution in [0.4, 0.5) is 16.3 Å². The van der Waals surface area contributed by atoms with Crippen LogP contribution in [0, 0.1) is 12.8 Å². The van der Waals surface area contributed by atoms with Gasteiger partial charge in [-0.15, -0.1) is 0 Å². The zero-order valence-electron chi connectivity index (χ0n) is 25.6. The molecule has 0 spiro atoms. The lowest BCUT2D eigenvalue weighted by atomic mass is 9.78. The molecule has 3 aromatic carbocycles. The first-order valence-corrected chi connectivity index (χ1v) is 15.0. The Morgan fingerprint density at radius 1 is 1.05 bits per heavy atom. The van der Waals surface area contributed by atoms with Crippen molar-refractivity contribution < 1.29 is 19.0 Å². The number of amides is 1. The van der Waals surface area contributed by atoms with Crippen LogP contribution in [0.15, 0.2) is 61.2 Å². The molecule has 1 saturated heterocycles. The number of carbonyl (C=O) groups excluding carboxylic acids is 1. The maximum Gasteiger partial charge on any atom is 0.410 e. The fraction of sp³-hybridized carbons (Fsp3) is 0.353. The Morgan fingerprint density at radius 3 is 2.73 bits per heavy atom. The lowest BCUT2D eigenvalue weighted by Gasteiger charge is -2.42. The second-order valence-corrected chi connectivity index (χ2v) is 12.7. The number of carbonyl (C=O) groups is 1. The normalized spacial score (nSPS) is 18.0. The number of hydrogen-bond donors (Lipinski definition) is 1. The molecule has 5 aromatic rings. The molecule has 0 bridgehead atoms. The predicted octanol–water partition coefficient (Wildman–Crippen LogP) is 7.09. The molecule has 7 rings (SSSR count). The molecule has 2 aromatic heterocycles. The highest BCUT2D eigenvalue weighted by atomic mass is 16.6. The van der Waals surface area contributed by atoms with E-state index in [0.29, 0.717) is 19.7 Å². The zero-order chi connectivity index (χ0) is 30.6. The highest BCUT2D eigenvalue weighted by Crippen LogP contribution is 2.44. The van der Waals surface area contributed by atoms with Crippen LogP contribution in [-0.4, -0.2) is 55.8 Å². The quantitative estimate of drug-likeness (QED) is 0.236. The minimum atomic E-state index is -0.521. The van der Waals surface area contributed by atoms with Crippen molar-refractivity contribution in [2.45, 2.75) is 45.6 Å². The zero-order valence-corrected chi connectivity index (χ0v) is 25.6. The Labute approximate surface area is 256 Å². The third-order valence-corrected chi connectivity index (χ3v) is 8.37. The monoisotopic (exact) mass is 592 g/mol. The second kappa shape index (κ2) is 10.7. The van der Waals surface area contributed by atoms with Crippen LogP contribution in [0.25, 0.3) is 21.9 Å². The summed E-state index contributed by atoms with van der Waals surface area (Å²) in [5.74, 6) is 3.56. The smallest absolute Gasteiger partial charge is 0.410 e. The number of likely N-dealkylation sites (tertiary alicyclic amines) is 1. The minimum absolute atomic E-state index is 0.191. The summed E-state index contributed by atoms with van der Waals surface area (Å²) >= 11 is 0. The molecule has 1 fully saturated rings. The molecule has 0 aliphatic carbocycles. The van der Waals surface area contributed by atoms with Crippen molar-refractivity contribution >= 4 is 39.5 Å². The molecule has 226 valence electrons. The van der Waals surface area contributed by atoms with E-state index in [1.54, 1.807) is 12.7 Å². The summed E-state index contributed by atoms with van der Waals surface area (Å²) in [5.41, 5.74) is 5.26. The van der Waals surface area contributed by atoms with Gasteiger partial charge in [0, 0.05) is 49.3 Å². The molecule has 0 radical (unpaired) electrons. The average molecular weight is 593 g/mol. The van der Waals surface area contributed by atoms with Gasteiger partial charge in [-0.25, -0.2) is 19.7 Å². The van der Waals surface area contributed by atoms with Crippen LogP contribution in [-0.2, 0) is 11.8 Å². The number of piperidine rings is 1. The number of rotatable bonds is 4. The summed E-state index contributed by atoms with van der Waals surface area (Å²) in [5, 5.41) is 4.42. The number of aromatic nitrogens is 4. The van der Waals surface area contributed by atoms with E-state index in [-0.39, 0.29) is 17.9 Å². The topological polar surface area (TPSA) is 104 Å². The highest BCUT2D eigenvalue weighted by molar-refractivity contribution is 5.92. The fourth-order valence-electron chi connectivity index (χ4n) is 6.20. The van der Waals surface area contributed by atoms with Crippen molar-refractivity contribution in [3.63, 3.8) is 0 Å². The first kappa shape index (κ1) is 27.9. The molecule has 2 aliphatic heterocycles. The van der Waals surface area contributed by atoms with Crippen molar-refractivity contribution in [2.24, 2.45) is 13.0 Å². The summed E-state index contributed by atoms with van der Waals surface area (Å²) in [7, 11) is 1.98. The number of imidazole rings is 1. The Kier molecular flexibility index (Phi) is 6.79. The first-order valence-electron chi connectivity index (χ1n) is 15.0. The van der Waals surface area contributed by atoms with E-state index >= 15 is 0 Å². The maximum absolute atomic E-state index is 12.7. The van der Waals surface area contributed by atoms with Crippen molar-refractivity contribution in [1.29, 1.82) is 0 Å². The van der Waals surface area contributed by atoms with E-state index in [0.717, 1.165) is 68.2 Å². The van der Waals surface area contributed by atoms with Gasteiger partial charge in [0.1, 0.15) is 35.0 Å². The van der Waals surface area contributed by atoms with Crippen LogP contribution in [0.3, 0.4) is 0 Å². The summed E-state index contributed by atoms with van der Waals surface area (Å²) in [6.07, 6.45) is 3.95. The molecular formula is C34H36N6O4. The van der Waals surface area contributed by atoms with E-state index in [2.05, 4.69) is 26.3 Å². The number of nitrogens with one attached hydrogen (secondary N) is 1. The third-order valence-electron chi connectivity index (χ3n) is 8.37. The van der Waals surface area contributed by atoms with Crippen molar-refractivity contribution in [2.75, 3.05) is 25.0 Å². The first-order chi connectivity index (χ1) is 21.1. The van der Waals surface area contributed by atoms with Crippen LogP contribution in [0.2, 0.25) is 0 Å². The predicted molar refractivity (Wildman–Crippen MR) is 169 cm³/mol. The number of benzene rings is 3. The van der Waals surface area contributed by atoms with Gasteiger partial charge in [-0.3, -0.25) is 0 Å². The summed E-state index contributed by atoms with van der Waals surface area (Å²) < 4.78 is 20.0. The van der Waals surface area contributed by atoms with Crippen molar-refractivity contribution in [3.8, 4) is 17.2 Å². The number of anilines is 2. The standard InChI is InChI=1S/C34H36N6O4/c1-20-12-22(6-9-30(20)43-23-7-8-29-28(13-23)37-19-39(29)5)38-32-26-14-25-24-10-11-40(33(41)44-34(2,3)4)16-21(24)17-42-31(25)15-27(26)35-18-36-32/h6-9,12-15,18-19,21,24H,10-11,16-17H2,1-5H3,(H,35,36,38)/t21-,24?/m0/s1. The minimum Gasteiger partial charge on any atom is -0.493 e. The van der Waals surface area contributed by atoms with Gasteiger partial charge in [0.15, 0.2) is 0 Å². The molecule has 0 saturated carbocycles. The van der Waals surface area contributed by atoms with Gasteiger partial charge < -0.3 is 29.0 Å². The van der Waals surface area contributed by atoms with E-state index in [1.807, 2.05) is 86.7 Å². The average Bonchev–Trinajstić information content (AvgIpc) is 3.36. The van der Waals surface area contributed by atoms with Gasteiger partial charge in [-0.1, -0.05) is 0 Å². The molecule has 1 amide bonds. The number of aryl methyl sites for hydroxylation is 2. The number of fused-ring (bicyclic) bond motifs is 5. The van der Waals surface area contributed by atoms with Gasteiger partial charge in [-0.05, 0) is 87.6 Å². The van der Waals surface area contributed by atoms with Gasteiger partial charge >= 0.3 is 6.09 Å². The molecule has 10 nitrogen and oxygen atoms in total. The Balaban J connectivity index is 1.11. The molecule has 10 heteroatoms. The van der Waals surface area contributed by atoms with Gasteiger partial charge in [-0.2, -0.15) is 0 Å². The van der Waals surface area contributed by atoms with Crippen molar-refractivity contribution in [1.82, 2.24) is 24.4 Å². The van der Waals surface area contributed by atoms with Crippen LogP contribution in [0.1, 0.15) is 44.2 Å². The van der Waals surface area contributed by atoms with Crippen LogP contribution >= 0.6 is 0 Å². The largest absolute Gasteiger partial charge is 0.493 e. The lowest BCUT2D eigenvalue weighted by Crippen LogP contribution is -2.47. The molecule has 1 unspecified atom stereocenters. The Bertz CT molecular complexity index is 1890. The molecule has 4 heterocycles. The maximum atomic E-state index is 12.7. The highest BCUT2D eigenvalue weighted by Gasteiger charge is 2.38. The molecule has 44 heavy (non-hydrogen) atoms. The molecule has 2 aliphatic rings. The van der Waals surface area contributed by atoms with Gasteiger partial charge in [0.2, 0.25) is 0 Å². The van der Waals surface area contributed by atoms with E-state index in [9.17, 15) is 4.79 Å². The second-order valence-electron chi connectivity index (χ2n) is 12.7. The fourth-order valence-corrected chi connectivity index (χ4v) is 6.20. The van der Waals surface area contributed by atoms with Crippen LogP contribution in [0.5, 0.6) is 17.2 Å². The van der Waals surface area contributed by atoms with Gasteiger partial charge in [0.05, 0.1) is 29.5 Å². The summed E-state index contributed by atoms with van der Waals surface area (Å²) in [6, 6.07) is 16.1. The number of hydrogen-bond acceptors (Lipinski definition) is 8. The van der Waals surface area contributed by atoms with Crippen molar-refractivity contribution in [3.05, 3.63) is 72.3 Å². The summed E-state index contributed by atoms with van der Waals surface area (Å²) in [4.78, 5) is 28.1. The number of ether oxygens (including phenoxy) is 3. The van der Waals surface area contributed by atoms with E-state index in [1.165, 1.54) is 0 Å². The SMILES string of the molecule is Cc1cc(Nc2ncnc3cc4c(cc23)C2CCN(C(=O)OC(C)(C)C)C[C@H]2CO4)ccc1Oc1ccc2c(c1)ncn2C.